The Balaban J connectivity index is 1.48. The van der Waals surface area contributed by atoms with Crippen molar-refractivity contribution >= 4 is 29.2 Å². The third kappa shape index (κ3) is 2.93. The van der Waals surface area contributed by atoms with Crippen LogP contribution in [-0.2, 0) is 14.4 Å². The van der Waals surface area contributed by atoms with Gasteiger partial charge in [-0.05, 0) is 49.1 Å². The zero-order valence-electron chi connectivity index (χ0n) is 16.5. The summed E-state index contributed by atoms with van der Waals surface area (Å²) in [5.41, 5.74) is -0.0815. The van der Waals surface area contributed by atoms with Gasteiger partial charge in [0.05, 0.1) is 11.8 Å². The van der Waals surface area contributed by atoms with Gasteiger partial charge in [-0.15, -0.1) is 0 Å². The van der Waals surface area contributed by atoms with Gasteiger partial charge in [-0.3, -0.25) is 29.0 Å². The fourth-order valence-corrected chi connectivity index (χ4v) is 5.61. The lowest BCUT2D eigenvalue weighted by atomic mass is 9.63. The van der Waals surface area contributed by atoms with Crippen molar-refractivity contribution in [1.29, 1.82) is 0 Å². The monoisotopic (exact) mass is 432 g/mol. The van der Waals surface area contributed by atoms with Crippen LogP contribution >= 0.6 is 0 Å². The molecule has 0 radical (unpaired) electrons. The second-order valence-corrected chi connectivity index (χ2v) is 8.74. The van der Waals surface area contributed by atoms with Crippen LogP contribution < -0.4 is 4.90 Å². The maximum atomic E-state index is 13.3. The van der Waals surface area contributed by atoms with Gasteiger partial charge < -0.3 is 0 Å². The molecule has 6 nitrogen and oxygen atoms in total. The van der Waals surface area contributed by atoms with Crippen LogP contribution in [0.1, 0.15) is 23.7 Å². The van der Waals surface area contributed by atoms with Crippen LogP contribution in [-0.4, -0.2) is 41.2 Å². The Hall–Kier alpha value is -2.97. The molecule has 2 saturated carbocycles. The van der Waals surface area contributed by atoms with Crippen molar-refractivity contribution in [3.63, 3.8) is 0 Å². The van der Waals surface area contributed by atoms with Crippen LogP contribution in [0.5, 0.6) is 0 Å². The minimum atomic E-state index is -5.22. The first kappa shape index (κ1) is 20.0. The van der Waals surface area contributed by atoms with Crippen molar-refractivity contribution in [1.82, 2.24) is 4.90 Å². The summed E-state index contributed by atoms with van der Waals surface area (Å²) >= 11 is 0. The number of anilines is 1. The molecule has 1 heterocycles. The molecule has 9 heteroatoms. The number of ketones is 1. The van der Waals surface area contributed by atoms with E-state index in [-0.39, 0.29) is 28.9 Å². The fourth-order valence-electron chi connectivity index (χ4n) is 5.61. The summed E-state index contributed by atoms with van der Waals surface area (Å²) in [6, 6.07) is 5.17. The van der Waals surface area contributed by atoms with Crippen LogP contribution in [0.2, 0.25) is 0 Å². The number of hydrogen-bond donors (Lipinski definition) is 0. The minimum Gasteiger partial charge on any atom is -0.295 e. The maximum Gasteiger partial charge on any atom is 0.471 e. The SMILES string of the molecule is CC(=O)c1cccc(N(CN2C(=O)[C@@H]3[C@@H]4C=C[C@H]([C@@H]5C[C@H]45)[C@@H]3C2=O)C(=O)C(F)(F)F)c1. The molecular formula is C22H19F3N2O4. The van der Waals surface area contributed by atoms with Gasteiger partial charge in [0, 0.05) is 11.3 Å². The number of rotatable bonds is 4. The summed E-state index contributed by atoms with van der Waals surface area (Å²) in [7, 11) is 0. The smallest absolute Gasteiger partial charge is 0.295 e. The van der Waals surface area contributed by atoms with Crippen LogP contribution in [0.15, 0.2) is 36.4 Å². The third-order valence-electron chi connectivity index (χ3n) is 7.09. The highest BCUT2D eigenvalue weighted by Crippen LogP contribution is 2.65. The van der Waals surface area contributed by atoms with E-state index in [0.29, 0.717) is 16.7 Å². The molecule has 1 aliphatic heterocycles. The Morgan fingerprint density at radius 1 is 1.06 bits per heavy atom. The molecule has 4 aliphatic carbocycles. The molecular weight excluding hydrogens is 413 g/mol. The topological polar surface area (TPSA) is 74.8 Å². The molecule has 0 unspecified atom stereocenters. The summed E-state index contributed by atoms with van der Waals surface area (Å²) < 4.78 is 40.0. The zero-order valence-corrected chi connectivity index (χ0v) is 16.5. The van der Waals surface area contributed by atoms with Gasteiger partial charge in [-0.2, -0.15) is 13.2 Å². The number of halogens is 3. The summed E-state index contributed by atoms with van der Waals surface area (Å²) in [4.78, 5) is 51.3. The Bertz CT molecular complexity index is 1010. The molecule has 3 amide bonds. The van der Waals surface area contributed by atoms with Gasteiger partial charge in [0.25, 0.3) is 0 Å². The molecule has 0 spiro atoms. The number of Topliss-reactive ketones (excluding diaryl/α,β-unsaturated/α-hetero) is 1. The van der Waals surface area contributed by atoms with E-state index in [9.17, 15) is 32.3 Å². The molecule has 0 aromatic heterocycles. The highest BCUT2D eigenvalue weighted by Gasteiger charge is 2.67. The number of carbonyl (C=O) groups is 4. The number of allylic oxidation sites excluding steroid dienone is 2. The Morgan fingerprint density at radius 2 is 1.65 bits per heavy atom. The molecule has 0 N–H and O–H groups in total. The van der Waals surface area contributed by atoms with Crippen molar-refractivity contribution in [2.75, 3.05) is 11.6 Å². The van der Waals surface area contributed by atoms with Crippen molar-refractivity contribution in [2.45, 2.75) is 19.5 Å². The van der Waals surface area contributed by atoms with Crippen LogP contribution in [0, 0.1) is 35.5 Å². The van der Waals surface area contributed by atoms with E-state index in [1.165, 1.54) is 25.1 Å². The van der Waals surface area contributed by atoms with E-state index >= 15 is 0 Å². The van der Waals surface area contributed by atoms with E-state index in [1.54, 1.807) is 0 Å². The standard InChI is InChI=1S/C22H19F3N2O4/c1-10(28)11-3-2-4-12(7-11)26(21(31)22(23,24)25)9-27-19(29)17-13-5-6-14(16-8-15(13)16)18(17)20(27)30/h2-7,13-18H,8-9H2,1H3/t13-,14-,15-,16+,17-,18+/m1/s1. The summed E-state index contributed by atoms with van der Waals surface area (Å²) in [5.74, 6) is -4.22. The molecule has 1 aromatic rings. The van der Waals surface area contributed by atoms with E-state index in [1.807, 2.05) is 12.2 Å². The van der Waals surface area contributed by atoms with Gasteiger partial charge in [-0.1, -0.05) is 24.3 Å². The lowest BCUT2D eigenvalue weighted by Gasteiger charge is -2.37. The van der Waals surface area contributed by atoms with Gasteiger partial charge in [0.15, 0.2) is 5.78 Å². The van der Waals surface area contributed by atoms with Crippen molar-refractivity contribution < 1.29 is 32.3 Å². The molecule has 31 heavy (non-hydrogen) atoms. The van der Waals surface area contributed by atoms with Gasteiger partial charge in [0.2, 0.25) is 11.8 Å². The zero-order chi connectivity index (χ0) is 22.2. The Labute approximate surface area is 175 Å². The number of amides is 3. The summed E-state index contributed by atoms with van der Waals surface area (Å²) in [6.07, 6.45) is -0.327. The average molecular weight is 432 g/mol. The molecule has 5 aliphatic rings. The lowest BCUT2D eigenvalue weighted by Crippen LogP contribution is -2.49. The highest BCUT2D eigenvalue weighted by molar-refractivity contribution is 6.08. The normalized spacial score (nSPS) is 32.7. The number of hydrogen-bond acceptors (Lipinski definition) is 4. The Morgan fingerprint density at radius 3 is 2.16 bits per heavy atom. The highest BCUT2D eigenvalue weighted by atomic mass is 19.4. The van der Waals surface area contributed by atoms with Crippen molar-refractivity contribution in [3.8, 4) is 0 Å². The predicted octanol–water partition coefficient (Wildman–Crippen LogP) is 2.80. The van der Waals surface area contributed by atoms with Gasteiger partial charge in [-0.25, -0.2) is 0 Å². The van der Waals surface area contributed by atoms with Crippen molar-refractivity contribution in [3.05, 3.63) is 42.0 Å². The van der Waals surface area contributed by atoms with Gasteiger partial charge in [0.1, 0.15) is 6.67 Å². The first-order valence-corrected chi connectivity index (χ1v) is 10.1. The summed E-state index contributed by atoms with van der Waals surface area (Å²) in [5, 5.41) is 0. The molecule has 2 bridgehead atoms. The van der Waals surface area contributed by atoms with E-state index in [2.05, 4.69) is 0 Å². The van der Waals surface area contributed by atoms with Gasteiger partial charge >= 0.3 is 12.1 Å². The molecule has 6 rings (SSSR count). The maximum absolute atomic E-state index is 13.3. The number of likely N-dealkylation sites (tertiary alicyclic amines) is 1. The number of nitrogens with zero attached hydrogens (tertiary/aromatic N) is 2. The van der Waals surface area contributed by atoms with Crippen molar-refractivity contribution in [2.24, 2.45) is 35.5 Å². The molecule has 1 saturated heterocycles. The fraction of sp³-hybridized carbons (Fsp3) is 0.455. The van der Waals surface area contributed by atoms with E-state index in [0.717, 1.165) is 17.4 Å². The number of carbonyl (C=O) groups excluding carboxylic acids is 4. The molecule has 162 valence electrons. The quantitative estimate of drug-likeness (QED) is 0.417. The van der Waals surface area contributed by atoms with E-state index in [4.69, 9.17) is 0 Å². The first-order chi connectivity index (χ1) is 14.6. The Kier molecular flexibility index (Phi) is 4.19. The van der Waals surface area contributed by atoms with Crippen LogP contribution in [0.3, 0.4) is 0 Å². The molecule has 3 fully saturated rings. The second kappa shape index (κ2) is 6.51. The summed E-state index contributed by atoms with van der Waals surface area (Å²) in [6.45, 7) is 0.417. The predicted molar refractivity (Wildman–Crippen MR) is 101 cm³/mol. The molecule has 6 atom stereocenters. The van der Waals surface area contributed by atoms with Crippen LogP contribution in [0.4, 0.5) is 18.9 Å². The largest absolute Gasteiger partial charge is 0.471 e. The number of alkyl halides is 3. The first-order valence-electron chi connectivity index (χ1n) is 10.1. The average Bonchev–Trinajstić information content (AvgIpc) is 3.51. The second-order valence-electron chi connectivity index (χ2n) is 8.74. The number of benzene rings is 1. The van der Waals surface area contributed by atoms with E-state index < -0.39 is 42.4 Å². The third-order valence-corrected chi connectivity index (χ3v) is 7.09. The molecule has 1 aromatic carbocycles. The minimum absolute atomic E-state index is 0.0748. The number of imide groups is 1. The van der Waals surface area contributed by atoms with Crippen LogP contribution in [0.25, 0.3) is 0 Å². The lowest BCUT2D eigenvalue weighted by molar-refractivity contribution is -0.171.